The third kappa shape index (κ3) is 6.31. The van der Waals surface area contributed by atoms with E-state index < -0.39 is 44.5 Å². The van der Waals surface area contributed by atoms with Crippen LogP contribution in [0.2, 0.25) is 0 Å². The molecule has 1 saturated heterocycles. The minimum Gasteiger partial charge on any atom is -1.00 e. The maximum absolute atomic E-state index is 11.7. The average Bonchev–Trinajstić information content (AvgIpc) is 3.00. The molecule has 0 spiro atoms. The van der Waals surface area contributed by atoms with Gasteiger partial charge >= 0.3 is 96.5 Å². The second-order valence-electron chi connectivity index (χ2n) is 5.11. The van der Waals surface area contributed by atoms with Crippen LogP contribution in [-0.2, 0) is 13.8 Å². The molecule has 138 valence electrons. The summed E-state index contributed by atoms with van der Waals surface area (Å²) in [5.74, 6) is -0.177. The van der Waals surface area contributed by atoms with Crippen LogP contribution in [0.4, 0.5) is 5.95 Å². The van der Waals surface area contributed by atoms with Crippen molar-refractivity contribution in [3.05, 3.63) is 16.7 Å². The minimum atomic E-state index is -4.76. The third-order valence-corrected chi connectivity index (χ3v) is 3.95. The van der Waals surface area contributed by atoms with Crippen molar-refractivity contribution in [3.63, 3.8) is 0 Å². The Hall–Kier alpha value is 1.14. The van der Waals surface area contributed by atoms with E-state index in [2.05, 4.69) is 19.5 Å². The number of aliphatic hydroxyl groups excluding tert-OH is 2. The van der Waals surface area contributed by atoms with E-state index in [1.54, 1.807) is 0 Å². The first-order valence-corrected chi connectivity index (χ1v) is 8.14. The second-order valence-corrected chi connectivity index (χ2v) is 6.35. The fourth-order valence-corrected chi connectivity index (χ4v) is 2.74. The maximum atomic E-state index is 11.7. The second kappa shape index (κ2) is 11.0. The fraction of sp³-hybridized carbons (Fsp3) is 0.500. The molecule has 1 aliphatic heterocycles. The molecule has 17 heteroatoms. The van der Waals surface area contributed by atoms with Gasteiger partial charge in [-0.05, 0) is 0 Å². The van der Waals surface area contributed by atoms with Crippen molar-refractivity contribution in [1.29, 1.82) is 0 Å². The van der Waals surface area contributed by atoms with Gasteiger partial charge in [-0.1, -0.05) is 0 Å². The van der Waals surface area contributed by atoms with Crippen molar-refractivity contribution in [2.45, 2.75) is 24.5 Å². The Balaban J connectivity index is -0.000000563. The predicted molar refractivity (Wildman–Crippen MR) is 79.8 cm³/mol. The predicted octanol–water partition coefficient (Wildman–Crippen LogP) is -11.2. The van der Waals surface area contributed by atoms with E-state index in [1.807, 2.05) is 0 Å². The standard InChI is InChI=1S/C10H14N5O8P.3Na.3H/c11-10-13-7-4(8(18)14-10)12-2-15(7)9-6(17)5(16)3(23-9)1-22-24(19,20)21;;;;;;/h2-3,5-6,9,16-17H,1H2,(H2,19,20,21)(H3,11,13,14,18);;;;;;/q;3*+1;3*-1/t3-,5-,6-,9-;;;;;;/m1....../s1. The Bertz CT molecular complexity index is 888. The van der Waals surface area contributed by atoms with Crippen LogP contribution in [-0.4, -0.2) is 64.4 Å². The summed E-state index contributed by atoms with van der Waals surface area (Å²) in [6.45, 7) is -0.651. The van der Waals surface area contributed by atoms with E-state index >= 15 is 0 Å². The third-order valence-electron chi connectivity index (χ3n) is 3.47. The number of hydrogen-bond acceptors (Lipinski definition) is 9. The first-order chi connectivity index (χ1) is 11.2. The molecule has 3 heterocycles. The first-order valence-electron chi connectivity index (χ1n) is 6.61. The minimum absolute atomic E-state index is 0. The molecule has 7 N–H and O–H groups in total. The van der Waals surface area contributed by atoms with Gasteiger partial charge in [-0.25, -0.2) is 9.55 Å². The van der Waals surface area contributed by atoms with E-state index in [0.717, 1.165) is 0 Å². The van der Waals surface area contributed by atoms with Crippen LogP contribution in [0.1, 0.15) is 10.5 Å². The van der Waals surface area contributed by atoms with Gasteiger partial charge in [0, 0.05) is 0 Å². The average molecular weight is 435 g/mol. The molecule has 4 atom stereocenters. The van der Waals surface area contributed by atoms with Crippen LogP contribution in [0.3, 0.4) is 0 Å². The molecule has 0 saturated carbocycles. The van der Waals surface area contributed by atoms with Crippen LogP contribution in [0, 0.1) is 0 Å². The molecular formula is C10H17N5Na3O8P. The summed E-state index contributed by atoms with van der Waals surface area (Å²) >= 11 is 0. The molecule has 27 heavy (non-hydrogen) atoms. The molecule has 1 aliphatic rings. The number of nitrogen functional groups attached to an aromatic ring is 1. The molecule has 0 amide bonds. The fourth-order valence-electron chi connectivity index (χ4n) is 2.40. The van der Waals surface area contributed by atoms with E-state index in [-0.39, 0.29) is 110 Å². The zero-order chi connectivity index (χ0) is 17.6. The van der Waals surface area contributed by atoms with Gasteiger partial charge in [0.2, 0.25) is 5.95 Å². The number of aromatic nitrogens is 4. The van der Waals surface area contributed by atoms with Gasteiger partial charge in [-0.3, -0.25) is 18.9 Å². The normalized spacial score (nSPS) is 24.7. The summed E-state index contributed by atoms with van der Waals surface area (Å²) in [4.78, 5) is 39.1. The summed E-state index contributed by atoms with van der Waals surface area (Å²) in [7, 11) is -4.76. The summed E-state index contributed by atoms with van der Waals surface area (Å²) in [6, 6.07) is 0. The summed E-state index contributed by atoms with van der Waals surface area (Å²) in [5, 5.41) is 20.1. The monoisotopic (exact) mass is 435 g/mol. The van der Waals surface area contributed by atoms with Gasteiger partial charge in [0.05, 0.1) is 12.9 Å². The van der Waals surface area contributed by atoms with E-state index in [0.29, 0.717) is 0 Å². The van der Waals surface area contributed by atoms with Crippen LogP contribution in [0.5, 0.6) is 0 Å². The summed E-state index contributed by atoms with van der Waals surface area (Å²) < 4.78 is 21.6. The van der Waals surface area contributed by atoms with Crippen molar-refractivity contribution < 1.29 is 127 Å². The Kier molecular flexibility index (Phi) is 11.4. The number of phosphoric ester groups is 1. The molecule has 2 aromatic heterocycles. The maximum Gasteiger partial charge on any atom is 1.00 e. The number of nitrogens with one attached hydrogen (secondary N) is 1. The number of H-pyrrole nitrogens is 1. The van der Waals surface area contributed by atoms with Crippen LogP contribution < -0.4 is 100.0 Å². The Morgan fingerprint density at radius 2 is 1.96 bits per heavy atom. The van der Waals surface area contributed by atoms with Gasteiger partial charge in [-0.2, -0.15) is 4.98 Å². The Labute approximate surface area is 222 Å². The van der Waals surface area contributed by atoms with Crippen LogP contribution >= 0.6 is 7.82 Å². The van der Waals surface area contributed by atoms with E-state index in [9.17, 15) is 19.6 Å². The van der Waals surface area contributed by atoms with Crippen molar-refractivity contribution >= 4 is 24.9 Å². The zero-order valence-corrected chi connectivity index (χ0v) is 21.8. The number of aliphatic hydroxyl groups is 2. The number of anilines is 1. The molecule has 2 aromatic rings. The largest absolute Gasteiger partial charge is 1.00 e. The number of phosphoric acid groups is 1. The van der Waals surface area contributed by atoms with Crippen molar-refractivity contribution in [2.24, 2.45) is 0 Å². The molecular weight excluding hydrogens is 418 g/mol. The number of imidazole rings is 1. The number of fused-ring (bicyclic) bond motifs is 1. The first kappa shape index (κ1) is 28.1. The quantitative estimate of drug-likeness (QED) is 0.196. The molecule has 0 aliphatic carbocycles. The summed E-state index contributed by atoms with van der Waals surface area (Å²) in [5.41, 5.74) is 4.84. The van der Waals surface area contributed by atoms with Gasteiger partial charge in [0.25, 0.3) is 5.56 Å². The molecule has 13 nitrogen and oxygen atoms in total. The Morgan fingerprint density at radius 3 is 2.56 bits per heavy atom. The van der Waals surface area contributed by atoms with Gasteiger partial charge in [-0.15, -0.1) is 0 Å². The molecule has 0 unspecified atom stereocenters. The number of nitrogens with two attached hydrogens (primary N) is 1. The molecule has 0 radical (unpaired) electrons. The van der Waals surface area contributed by atoms with E-state index in [1.165, 1.54) is 10.9 Å². The van der Waals surface area contributed by atoms with Gasteiger partial charge < -0.3 is 34.8 Å². The van der Waals surface area contributed by atoms with Crippen molar-refractivity contribution in [1.82, 2.24) is 19.5 Å². The molecule has 0 bridgehead atoms. The summed E-state index contributed by atoms with van der Waals surface area (Å²) in [6.07, 6.45) is -4.22. The topological polar surface area (TPSA) is 206 Å². The smallest absolute Gasteiger partial charge is 1.00 e. The number of nitrogens with zero attached hydrogens (tertiary/aromatic N) is 3. The van der Waals surface area contributed by atoms with Crippen molar-refractivity contribution in [3.8, 4) is 0 Å². The Morgan fingerprint density at radius 1 is 1.33 bits per heavy atom. The SMILES string of the molecule is Nc1nc2c(ncn2[C@@H]2O[C@H](COP(=O)(O)O)[C@@H](O)[C@H]2O)c(=O)[nH]1.[H-].[H-].[H-].[Na+].[Na+].[Na+]. The number of ether oxygens (including phenoxy) is 1. The molecule has 1 fully saturated rings. The number of rotatable bonds is 4. The van der Waals surface area contributed by atoms with Crippen molar-refractivity contribution in [2.75, 3.05) is 12.3 Å². The number of hydrogen-bond donors (Lipinski definition) is 6. The van der Waals surface area contributed by atoms with E-state index in [4.69, 9.17) is 20.3 Å². The van der Waals surface area contributed by atoms with Crippen LogP contribution in [0.25, 0.3) is 11.2 Å². The van der Waals surface area contributed by atoms with Gasteiger partial charge in [0.1, 0.15) is 18.3 Å². The number of aromatic amines is 1. The van der Waals surface area contributed by atoms with Gasteiger partial charge in [0.15, 0.2) is 17.4 Å². The molecule has 3 rings (SSSR count). The molecule has 0 aromatic carbocycles. The zero-order valence-electron chi connectivity index (χ0n) is 17.9. The van der Waals surface area contributed by atoms with Crippen LogP contribution in [0.15, 0.2) is 11.1 Å².